The Bertz CT molecular complexity index is 748. The van der Waals surface area contributed by atoms with Gasteiger partial charge in [-0.1, -0.05) is 37.3 Å². The Morgan fingerprint density at radius 1 is 1.15 bits per heavy atom. The van der Waals surface area contributed by atoms with E-state index < -0.39 is 0 Å². The quantitative estimate of drug-likeness (QED) is 0.538. The van der Waals surface area contributed by atoms with Crippen molar-refractivity contribution in [3.63, 3.8) is 0 Å². The highest BCUT2D eigenvalue weighted by molar-refractivity contribution is 14.1. The average Bonchev–Trinajstić information content (AvgIpc) is 2.78. The molecule has 0 N–H and O–H groups in total. The van der Waals surface area contributed by atoms with Crippen LogP contribution in [0.25, 0.3) is 10.9 Å². The van der Waals surface area contributed by atoms with Crippen LogP contribution in [-0.2, 0) is 0 Å². The van der Waals surface area contributed by atoms with Crippen molar-refractivity contribution in [3.05, 3.63) is 69.7 Å². The van der Waals surface area contributed by atoms with Crippen molar-refractivity contribution in [2.75, 3.05) is 0 Å². The van der Waals surface area contributed by atoms with Crippen molar-refractivity contribution >= 4 is 33.5 Å². The van der Waals surface area contributed by atoms with Crippen LogP contribution < -0.4 is 0 Å². The van der Waals surface area contributed by atoms with Gasteiger partial charge in [0.05, 0.1) is 6.04 Å². The van der Waals surface area contributed by atoms with Crippen molar-refractivity contribution in [1.82, 2.24) is 4.57 Å². The fourth-order valence-corrected chi connectivity index (χ4v) is 3.48. The number of nitrogens with zero attached hydrogens (tertiary/aromatic N) is 1. The zero-order chi connectivity index (χ0) is 14.1. The highest BCUT2D eigenvalue weighted by atomic mass is 127. The van der Waals surface area contributed by atoms with Gasteiger partial charge in [-0.05, 0) is 52.8 Å². The summed E-state index contributed by atoms with van der Waals surface area (Å²) in [6.07, 6.45) is 3.09. The minimum atomic E-state index is -0.174. The van der Waals surface area contributed by atoms with Crippen molar-refractivity contribution in [1.29, 1.82) is 0 Å². The van der Waals surface area contributed by atoms with E-state index in [1.54, 1.807) is 12.1 Å². The molecule has 1 aromatic heterocycles. The van der Waals surface area contributed by atoms with Crippen LogP contribution in [0.5, 0.6) is 0 Å². The van der Waals surface area contributed by atoms with E-state index in [9.17, 15) is 4.39 Å². The number of rotatable bonds is 3. The molecule has 0 aliphatic carbocycles. The normalized spacial score (nSPS) is 12.8. The van der Waals surface area contributed by atoms with Crippen LogP contribution in [0.2, 0.25) is 0 Å². The second kappa shape index (κ2) is 5.56. The molecular weight excluding hydrogens is 364 g/mol. The second-order valence-electron chi connectivity index (χ2n) is 4.88. The molecule has 0 aliphatic heterocycles. The molecule has 0 saturated carbocycles. The van der Waals surface area contributed by atoms with Crippen LogP contribution in [0, 0.1) is 9.39 Å². The minimum Gasteiger partial charge on any atom is -0.339 e. The number of fused-ring (bicyclic) bond motifs is 1. The van der Waals surface area contributed by atoms with Gasteiger partial charge in [0.25, 0.3) is 0 Å². The van der Waals surface area contributed by atoms with E-state index in [0.717, 1.165) is 12.0 Å². The van der Waals surface area contributed by atoms with E-state index in [4.69, 9.17) is 0 Å². The molecule has 1 nitrogen and oxygen atoms in total. The maximum Gasteiger partial charge on any atom is 0.123 e. The fraction of sp³-hybridized carbons (Fsp3) is 0.176. The smallest absolute Gasteiger partial charge is 0.123 e. The standard InChI is InChI=1S/C17H15FIN/c1-2-16(12-6-5-7-13(18)10-12)20-11-15(19)14-8-3-4-9-17(14)20/h3-11,16H,2H2,1H3/t16-/m0/s1. The SMILES string of the molecule is CC[C@@H](c1cccc(F)c1)n1cc(I)c2ccccc21. The van der Waals surface area contributed by atoms with Crippen LogP contribution in [0.4, 0.5) is 4.39 Å². The Morgan fingerprint density at radius 3 is 2.70 bits per heavy atom. The molecule has 102 valence electrons. The Balaban J connectivity index is 2.17. The summed E-state index contributed by atoms with van der Waals surface area (Å²) in [6.45, 7) is 2.14. The first-order valence-corrected chi connectivity index (χ1v) is 7.79. The molecule has 0 bridgehead atoms. The third-order valence-electron chi connectivity index (χ3n) is 3.65. The zero-order valence-corrected chi connectivity index (χ0v) is 13.3. The summed E-state index contributed by atoms with van der Waals surface area (Å²) >= 11 is 2.36. The van der Waals surface area contributed by atoms with Gasteiger partial charge in [0.15, 0.2) is 0 Å². The lowest BCUT2D eigenvalue weighted by Crippen LogP contribution is -2.08. The monoisotopic (exact) mass is 379 g/mol. The molecule has 0 aliphatic rings. The Hall–Kier alpha value is -1.36. The zero-order valence-electron chi connectivity index (χ0n) is 11.2. The minimum absolute atomic E-state index is 0.166. The molecule has 1 heterocycles. The second-order valence-corrected chi connectivity index (χ2v) is 6.04. The summed E-state index contributed by atoms with van der Waals surface area (Å²) in [5, 5.41) is 1.25. The largest absolute Gasteiger partial charge is 0.339 e. The van der Waals surface area contributed by atoms with Crippen molar-refractivity contribution in [3.8, 4) is 0 Å². The van der Waals surface area contributed by atoms with Crippen molar-refractivity contribution in [2.45, 2.75) is 19.4 Å². The molecule has 3 rings (SSSR count). The van der Waals surface area contributed by atoms with Crippen LogP contribution in [0.1, 0.15) is 24.9 Å². The van der Waals surface area contributed by atoms with Gasteiger partial charge < -0.3 is 4.57 Å². The number of halogens is 2. The number of hydrogen-bond acceptors (Lipinski definition) is 0. The summed E-state index contributed by atoms with van der Waals surface area (Å²) in [5.41, 5.74) is 2.22. The summed E-state index contributed by atoms with van der Waals surface area (Å²) in [7, 11) is 0. The van der Waals surface area contributed by atoms with Gasteiger partial charge >= 0.3 is 0 Å². The molecule has 3 aromatic rings. The van der Waals surface area contributed by atoms with E-state index in [1.165, 1.54) is 20.5 Å². The molecule has 0 spiro atoms. The summed E-state index contributed by atoms with van der Waals surface area (Å²) in [5.74, 6) is -0.174. The van der Waals surface area contributed by atoms with Gasteiger partial charge in [-0.25, -0.2) is 4.39 Å². The molecule has 20 heavy (non-hydrogen) atoms. The third kappa shape index (κ3) is 2.35. The van der Waals surface area contributed by atoms with Gasteiger partial charge in [-0.15, -0.1) is 0 Å². The Morgan fingerprint density at radius 2 is 1.95 bits per heavy atom. The molecule has 0 fully saturated rings. The highest BCUT2D eigenvalue weighted by Crippen LogP contribution is 2.30. The Kier molecular flexibility index (Phi) is 3.78. The topological polar surface area (TPSA) is 4.93 Å². The van der Waals surface area contributed by atoms with Gasteiger partial charge in [0.2, 0.25) is 0 Å². The summed E-state index contributed by atoms with van der Waals surface area (Å²) in [6, 6.07) is 15.4. The van der Waals surface area contributed by atoms with E-state index >= 15 is 0 Å². The van der Waals surface area contributed by atoms with Gasteiger partial charge in [0.1, 0.15) is 5.82 Å². The number of hydrogen-bond donors (Lipinski definition) is 0. The lowest BCUT2D eigenvalue weighted by atomic mass is 10.0. The van der Waals surface area contributed by atoms with E-state index in [0.29, 0.717) is 0 Å². The van der Waals surface area contributed by atoms with Gasteiger partial charge in [0, 0.05) is 20.7 Å². The lowest BCUT2D eigenvalue weighted by molar-refractivity contribution is 0.572. The van der Waals surface area contributed by atoms with E-state index in [-0.39, 0.29) is 11.9 Å². The number of benzene rings is 2. The molecule has 2 aromatic carbocycles. The third-order valence-corrected chi connectivity index (χ3v) is 4.51. The van der Waals surface area contributed by atoms with Crippen LogP contribution in [-0.4, -0.2) is 4.57 Å². The molecule has 3 heteroatoms. The van der Waals surface area contributed by atoms with Crippen LogP contribution in [0.3, 0.4) is 0 Å². The van der Waals surface area contributed by atoms with Crippen LogP contribution >= 0.6 is 22.6 Å². The highest BCUT2D eigenvalue weighted by Gasteiger charge is 2.16. The summed E-state index contributed by atoms with van der Waals surface area (Å²) < 4.78 is 17.0. The first kappa shape index (κ1) is 13.6. The number of para-hydroxylation sites is 1. The first-order chi connectivity index (χ1) is 9.70. The maximum atomic E-state index is 13.5. The summed E-state index contributed by atoms with van der Waals surface area (Å²) in [4.78, 5) is 0. The van der Waals surface area contributed by atoms with Gasteiger partial charge in [-0.3, -0.25) is 0 Å². The molecule has 0 radical (unpaired) electrons. The molecule has 1 atom stereocenters. The van der Waals surface area contributed by atoms with Crippen molar-refractivity contribution < 1.29 is 4.39 Å². The molecule has 0 amide bonds. The predicted octanol–water partition coefficient (Wildman–Crippen LogP) is 5.38. The molecular formula is C17H15FIN. The molecule has 0 unspecified atom stereocenters. The maximum absolute atomic E-state index is 13.5. The van der Waals surface area contributed by atoms with Crippen molar-refractivity contribution in [2.24, 2.45) is 0 Å². The van der Waals surface area contributed by atoms with E-state index in [1.807, 2.05) is 12.1 Å². The fourth-order valence-electron chi connectivity index (χ4n) is 2.73. The first-order valence-electron chi connectivity index (χ1n) is 6.71. The Labute approximate surface area is 131 Å². The molecule has 0 saturated heterocycles. The lowest BCUT2D eigenvalue weighted by Gasteiger charge is -2.19. The van der Waals surface area contributed by atoms with E-state index in [2.05, 4.69) is 58.5 Å². The van der Waals surface area contributed by atoms with Gasteiger partial charge in [-0.2, -0.15) is 0 Å². The average molecular weight is 379 g/mol. The van der Waals surface area contributed by atoms with Crippen LogP contribution in [0.15, 0.2) is 54.7 Å². The predicted molar refractivity (Wildman–Crippen MR) is 89.5 cm³/mol. The number of aromatic nitrogens is 1.